The predicted molar refractivity (Wildman–Crippen MR) is 104 cm³/mol. The molecule has 5 nitrogen and oxygen atoms in total. The molecule has 1 fully saturated rings. The summed E-state index contributed by atoms with van der Waals surface area (Å²) in [6.45, 7) is 2.70. The Hall–Kier alpha value is -2.82. The van der Waals surface area contributed by atoms with E-state index in [1.165, 1.54) is 5.56 Å². The minimum atomic E-state index is -0.246. The topological polar surface area (TPSA) is 61.4 Å². The van der Waals surface area contributed by atoms with Gasteiger partial charge in [-0.15, -0.1) is 0 Å². The van der Waals surface area contributed by atoms with Crippen molar-refractivity contribution in [3.05, 3.63) is 60.2 Å². The predicted octanol–water partition coefficient (Wildman–Crippen LogP) is 3.96. The molecule has 2 N–H and O–H groups in total. The Morgan fingerprint density at radius 3 is 2.58 bits per heavy atom. The van der Waals surface area contributed by atoms with Crippen LogP contribution in [0.25, 0.3) is 0 Å². The molecule has 1 aliphatic heterocycles. The summed E-state index contributed by atoms with van der Waals surface area (Å²) in [7, 11) is 0. The second kappa shape index (κ2) is 8.52. The number of aryl methyl sites for hydroxylation is 1. The normalized spacial score (nSPS) is 15.0. The number of nitrogens with zero attached hydrogens (tertiary/aromatic N) is 1. The number of nitrogens with one attached hydrogen (secondary N) is 2. The van der Waals surface area contributed by atoms with Gasteiger partial charge >= 0.3 is 6.03 Å². The van der Waals surface area contributed by atoms with Crippen LogP contribution in [0.5, 0.6) is 0 Å². The molecule has 0 aliphatic carbocycles. The molecule has 3 amide bonds. The van der Waals surface area contributed by atoms with Crippen molar-refractivity contribution < 1.29 is 9.59 Å². The van der Waals surface area contributed by atoms with Crippen LogP contribution in [-0.2, 0) is 11.2 Å². The van der Waals surface area contributed by atoms with Crippen LogP contribution in [0.15, 0.2) is 54.6 Å². The second-order valence-electron chi connectivity index (χ2n) is 6.69. The number of carbonyl (C=O) groups excluding carboxylic acids is 2. The first-order valence-corrected chi connectivity index (χ1v) is 9.14. The van der Waals surface area contributed by atoms with Gasteiger partial charge in [0.15, 0.2) is 0 Å². The van der Waals surface area contributed by atoms with Crippen molar-refractivity contribution in [2.75, 3.05) is 16.8 Å². The lowest BCUT2D eigenvalue weighted by atomic mass is 10.1. The van der Waals surface area contributed by atoms with Crippen molar-refractivity contribution in [3.63, 3.8) is 0 Å². The Kier molecular flexibility index (Phi) is 5.89. The van der Waals surface area contributed by atoms with Gasteiger partial charge in [-0.1, -0.05) is 42.5 Å². The monoisotopic (exact) mass is 351 g/mol. The van der Waals surface area contributed by atoms with Gasteiger partial charge in [-0.3, -0.25) is 4.79 Å². The molecule has 0 spiro atoms. The molecule has 5 heteroatoms. The molecule has 136 valence electrons. The van der Waals surface area contributed by atoms with Gasteiger partial charge in [0, 0.05) is 19.0 Å². The van der Waals surface area contributed by atoms with Crippen LogP contribution in [0.4, 0.5) is 16.2 Å². The molecule has 0 aromatic heterocycles. The quantitative estimate of drug-likeness (QED) is 0.827. The second-order valence-corrected chi connectivity index (χ2v) is 6.69. The first-order chi connectivity index (χ1) is 12.6. The summed E-state index contributed by atoms with van der Waals surface area (Å²) in [5.41, 5.74) is 2.69. The Balaban J connectivity index is 1.55. The van der Waals surface area contributed by atoms with E-state index in [0.717, 1.165) is 24.9 Å². The van der Waals surface area contributed by atoms with Crippen molar-refractivity contribution in [2.24, 2.45) is 0 Å². The highest BCUT2D eigenvalue weighted by Gasteiger charge is 2.24. The van der Waals surface area contributed by atoms with Crippen molar-refractivity contribution in [1.82, 2.24) is 5.32 Å². The Labute approximate surface area is 154 Å². The molecule has 1 heterocycles. The highest BCUT2D eigenvalue weighted by Crippen LogP contribution is 2.29. The maximum atomic E-state index is 12.4. The summed E-state index contributed by atoms with van der Waals surface area (Å²) in [4.78, 5) is 26.1. The van der Waals surface area contributed by atoms with E-state index < -0.39 is 0 Å². The van der Waals surface area contributed by atoms with Crippen molar-refractivity contribution >= 4 is 23.3 Å². The number of amides is 3. The fraction of sp³-hybridized carbons (Fsp3) is 0.333. The number of carbonyl (C=O) groups is 2. The first-order valence-electron chi connectivity index (χ1n) is 9.14. The Bertz CT molecular complexity index is 761. The number of hydrogen-bond donors (Lipinski definition) is 2. The minimum absolute atomic E-state index is 0.0517. The number of benzene rings is 2. The molecule has 26 heavy (non-hydrogen) atoms. The van der Waals surface area contributed by atoms with E-state index in [9.17, 15) is 9.59 Å². The lowest BCUT2D eigenvalue weighted by molar-refractivity contribution is -0.117. The van der Waals surface area contributed by atoms with E-state index >= 15 is 0 Å². The van der Waals surface area contributed by atoms with Gasteiger partial charge in [0.05, 0.1) is 11.4 Å². The highest BCUT2D eigenvalue weighted by atomic mass is 16.2. The van der Waals surface area contributed by atoms with E-state index in [2.05, 4.69) is 22.8 Å². The lowest BCUT2D eigenvalue weighted by Crippen LogP contribution is -2.37. The van der Waals surface area contributed by atoms with E-state index in [1.807, 2.05) is 49.4 Å². The third-order valence-electron chi connectivity index (χ3n) is 4.60. The zero-order chi connectivity index (χ0) is 18.4. The summed E-state index contributed by atoms with van der Waals surface area (Å²) in [6.07, 6.45) is 3.21. The summed E-state index contributed by atoms with van der Waals surface area (Å²) >= 11 is 0. The summed E-state index contributed by atoms with van der Waals surface area (Å²) in [5, 5.41) is 5.87. The molecule has 0 bridgehead atoms. The first kappa shape index (κ1) is 18.0. The largest absolute Gasteiger partial charge is 0.335 e. The third kappa shape index (κ3) is 4.63. The molecule has 1 atom stereocenters. The standard InChI is InChI=1S/C21H25N3O2/c1-16(13-14-17-8-3-2-4-9-17)22-21(26)23-18-10-5-6-11-19(18)24-15-7-12-20(24)25/h2-6,8-11,16H,7,12-15H2,1H3,(H2,22,23,26)/t16-/m1/s1. The summed E-state index contributed by atoms with van der Waals surface area (Å²) in [6, 6.07) is 17.5. The van der Waals surface area contributed by atoms with Crippen LogP contribution >= 0.6 is 0 Å². The van der Waals surface area contributed by atoms with E-state index in [4.69, 9.17) is 0 Å². The summed E-state index contributed by atoms with van der Waals surface area (Å²) < 4.78 is 0. The van der Waals surface area contributed by atoms with Crippen LogP contribution in [-0.4, -0.2) is 24.5 Å². The molecule has 3 rings (SSSR count). The number of para-hydroxylation sites is 2. The summed E-state index contributed by atoms with van der Waals surface area (Å²) in [5.74, 6) is 0.107. The molecule has 0 unspecified atom stereocenters. The minimum Gasteiger partial charge on any atom is -0.335 e. The molecule has 0 saturated carbocycles. The third-order valence-corrected chi connectivity index (χ3v) is 4.60. The lowest BCUT2D eigenvalue weighted by Gasteiger charge is -2.21. The number of hydrogen-bond acceptors (Lipinski definition) is 2. The average Bonchev–Trinajstić information content (AvgIpc) is 3.07. The SMILES string of the molecule is C[C@H](CCc1ccccc1)NC(=O)Nc1ccccc1N1CCCC1=O. The van der Waals surface area contributed by atoms with Crippen LogP contribution in [0, 0.1) is 0 Å². The zero-order valence-corrected chi connectivity index (χ0v) is 15.1. The highest BCUT2D eigenvalue weighted by molar-refractivity contribution is 6.01. The Morgan fingerprint density at radius 1 is 1.12 bits per heavy atom. The maximum absolute atomic E-state index is 12.4. The number of urea groups is 1. The van der Waals surface area contributed by atoms with Gasteiger partial charge in [0.1, 0.15) is 0 Å². The van der Waals surface area contributed by atoms with Gasteiger partial charge in [-0.2, -0.15) is 0 Å². The van der Waals surface area contributed by atoms with Crippen LogP contribution in [0.1, 0.15) is 31.7 Å². The van der Waals surface area contributed by atoms with Gasteiger partial charge in [-0.05, 0) is 43.9 Å². The molecule has 2 aromatic carbocycles. The van der Waals surface area contributed by atoms with Crippen molar-refractivity contribution in [1.29, 1.82) is 0 Å². The van der Waals surface area contributed by atoms with Crippen molar-refractivity contribution in [3.8, 4) is 0 Å². The molecule has 1 saturated heterocycles. The van der Waals surface area contributed by atoms with Crippen LogP contribution in [0.2, 0.25) is 0 Å². The van der Waals surface area contributed by atoms with E-state index in [-0.39, 0.29) is 18.0 Å². The van der Waals surface area contributed by atoms with Gasteiger partial charge < -0.3 is 15.5 Å². The van der Waals surface area contributed by atoms with Crippen molar-refractivity contribution in [2.45, 2.75) is 38.6 Å². The average molecular weight is 351 g/mol. The number of rotatable bonds is 6. The fourth-order valence-electron chi connectivity index (χ4n) is 3.20. The van der Waals surface area contributed by atoms with Crippen LogP contribution in [0.3, 0.4) is 0 Å². The molecule has 0 radical (unpaired) electrons. The zero-order valence-electron chi connectivity index (χ0n) is 15.1. The van der Waals surface area contributed by atoms with E-state index in [1.54, 1.807) is 4.90 Å². The molecular weight excluding hydrogens is 326 g/mol. The van der Waals surface area contributed by atoms with Crippen LogP contribution < -0.4 is 15.5 Å². The van der Waals surface area contributed by atoms with E-state index in [0.29, 0.717) is 18.7 Å². The smallest absolute Gasteiger partial charge is 0.319 e. The number of anilines is 2. The molecule has 1 aliphatic rings. The maximum Gasteiger partial charge on any atom is 0.319 e. The Morgan fingerprint density at radius 2 is 1.85 bits per heavy atom. The fourth-order valence-corrected chi connectivity index (χ4v) is 3.20. The van der Waals surface area contributed by atoms with Gasteiger partial charge in [0.2, 0.25) is 5.91 Å². The van der Waals surface area contributed by atoms with Gasteiger partial charge in [0.25, 0.3) is 0 Å². The molecular formula is C21H25N3O2. The molecule has 2 aromatic rings. The van der Waals surface area contributed by atoms with Gasteiger partial charge in [-0.25, -0.2) is 4.79 Å².